The Labute approximate surface area is 224 Å². The zero-order valence-corrected chi connectivity index (χ0v) is 22.9. The monoisotopic (exact) mass is 517 g/mol. The van der Waals surface area contributed by atoms with Crippen molar-refractivity contribution in [2.24, 2.45) is 5.73 Å². The maximum Gasteiger partial charge on any atom is 0.266 e. The van der Waals surface area contributed by atoms with Crippen molar-refractivity contribution in [3.8, 4) is 0 Å². The van der Waals surface area contributed by atoms with Crippen LogP contribution in [0.4, 0.5) is 0 Å². The van der Waals surface area contributed by atoms with Crippen molar-refractivity contribution in [1.29, 1.82) is 0 Å². The van der Waals surface area contributed by atoms with E-state index < -0.39 is 5.91 Å². The topological polar surface area (TPSA) is 110 Å². The lowest BCUT2D eigenvalue weighted by molar-refractivity contribution is 0.0740. The van der Waals surface area contributed by atoms with Gasteiger partial charge in [0.2, 0.25) is 0 Å². The Kier molecular flexibility index (Phi) is 10.4. The quantitative estimate of drug-likeness (QED) is 0.381. The average Bonchev–Trinajstić information content (AvgIpc) is 2.91. The zero-order chi connectivity index (χ0) is 27.7. The van der Waals surface area contributed by atoms with Crippen LogP contribution in [0.25, 0.3) is 0 Å². The van der Waals surface area contributed by atoms with Gasteiger partial charge in [0.05, 0.1) is 12.2 Å². The molecule has 2 aromatic carbocycles. The minimum absolute atomic E-state index is 0.0529. The molecule has 0 spiro atoms. The summed E-state index contributed by atoms with van der Waals surface area (Å²) < 4.78 is 1.60. The van der Waals surface area contributed by atoms with Crippen molar-refractivity contribution in [2.75, 3.05) is 26.2 Å². The van der Waals surface area contributed by atoms with Gasteiger partial charge < -0.3 is 16.0 Å². The minimum atomic E-state index is -0.428. The molecule has 3 aromatic rings. The van der Waals surface area contributed by atoms with Gasteiger partial charge in [-0.1, -0.05) is 55.0 Å². The molecule has 0 fully saturated rings. The maximum atomic E-state index is 13.8. The van der Waals surface area contributed by atoms with E-state index in [0.29, 0.717) is 56.1 Å². The number of aryl methyl sites for hydroxylation is 2. The highest BCUT2D eigenvalue weighted by Gasteiger charge is 2.27. The van der Waals surface area contributed by atoms with Crippen LogP contribution in [0.5, 0.6) is 0 Å². The highest BCUT2D eigenvalue weighted by atomic mass is 16.2. The van der Waals surface area contributed by atoms with Gasteiger partial charge in [0.15, 0.2) is 0 Å². The van der Waals surface area contributed by atoms with Gasteiger partial charge in [0.25, 0.3) is 17.4 Å². The van der Waals surface area contributed by atoms with Crippen LogP contribution in [0.3, 0.4) is 0 Å². The Hall–Kier alpha value is -3.78. The summed E-state index contributed by atoms with van der Waals surface area (Å²) in [5, 5.41) is 2.73. The van der Waals surface area contributed by atoms with Crippen LogP contribution < -0.4 is 16.6 Å². The summed E-state index contributed by atoms with van der Waals surface area (Å²) in [6, 6.07) is 17.2. The van der Waals surface area contributed by atoms with Crippen LogP contribution >= 0.6 is 0 Å². The third-order valence-electron chi connectivity index (χ3n) is 6.64. The molecule has 0 aliphatic heterocycles. The zero-order valence-electron chi connectivity index (χ0n) is 22.9. The third kappa shape index (κ3) is 6.95. The molecule has 8 heteroatoms. The van der Waals surface area contributed by atoms with E-state index in [-0.39, 0.29) is 29.5 Å². The van der Waals surface area contributed by atoms with Gasteiger partial charge in [-0.3, -0.25) is 19.0 Å². The highest BCUT2D eigenvalue weighted by Crippen LogP contribution is 2.22. The number of carbonyl (C=O) groups excluding carboxylic acids is 2. The molecule has 0 radical (unpaired) electrons. The molecule has 38 heavy (non-hydrogen) atoms. The molecular weight excluding hydrogens is 478 g/mol. The number of hydrogen-bond donors (Lipinski definition) is 2. The molecule has 1 aromatic heterocycles. The first-order valence-electron chi connectivity index (χ1n) is 13.3. The Balaban J connectivity index is 2.07. The Bertz CT molecular complexity index is 1290. The van der Waals surface area contributed by atoms with Crippen LogP contribution in [-0.2, 0) is 6.54 Å². The summed E-state index contributed by atoms with van der Waals surface area (Å²) in [5.74, 6) is -0.158. The van der Waals surface area contributed by atoms with Crippen molar-refractivity contribution in [2.45, 2.75) is 53.0 Å². The van der Waals surface area contributed by atoms with E-state index >= 15 is 0 Å². The van der Waals surface area contributed by atoms with Crippen molar-refractivity contribution < 1.29 is 9.59 Å². The lowest BCUT2D eigenvalue weighted by atomic mass is 10.0. The van der Waals surface area contributed by atoms with Gasteiger partial charge >= 0.3 is 0 Å². The second kappa shape index (κ2) is 13.7. The maximum absolute atomic E-state index is 13.8. The molecule has 2 amide bonds. The van der Waals surface area contributed by atoms with Crippen LogP contribution in [0.2, 0.25) is 0 Å². The van der Waals surface area contributed by atoms with Gasteiger partial charge in [-0.15, -0.1) is 0 Å². The summed E-state index contributed by atoms with van der Waals surface area (Å²) in [6.07, 6.45) is 1.31. The van der Waals surface area contributed by atoms with E-state index in [1.54, 1.807) is 16.4 Å². The summed E-state index contributed by atoms with van der Waals surface area (Å²) in [4.78, 5) is 46.7. The molecule has 3 rings (SSSR count). The summed E-state index contributed by atoms with van der Waals surface area (Å²) in [6.45, 7) is 9.54. The smallest absolute Gasteiger partial charge is 0.266 e. The molecule has 3 N–H and O–H groups in total. The SMILES string of the molecule is CCNC(=O)c1c(C)nc([C@H](CC)CN(CCCN)C(=O)c2ccc(C)cc2)n(Cc2ccccc2)c1=O. The van der Waals surface area contributed by atoms with E-state index in [1.165, 1.54) is 0 Å². The standard InChI is InChI=1S/C30H39N5O3/c1-5-24(20-34(18-10-17-31)29(37)25-15-13-21(3)14-16-25)27-33-22(4)26(28(36)32-6-2)30(38)35(27)19-23-11-8-7-9-12-23/h7-9,11-16,24H,5-6,10,17-20,31H2,1-4H3,(H,32,36)/t24-/m1/s1. The molecule has 0 aliphatic rings. The van der Waals surface area contributed by atoms with Crippen LogP contribution in [0, 0.1) is 13.8 Å². The third-order valence-corrected chi connectivity index (χ3v) is 6.64. The molecular formula is C30H39N5O3. The molecule has 1 heterocycles. The second-order valence-electron chi connectivity index (χ2n) is 9.53. The molecule has 202 valence electrons. The summed E-state index contributed by atoms with van der Waals surface area (Å²) in [5.41, 5.74) is 8.48. The van der Waals surface area contributed by atoms with E-state index in [0.717, 1.165) is 11.1 Å². The Morgan fingerprint density at radius 1 is 1.05 bits per heavy atom. The van der Waals surface area contributed by atoms with Crippen molar-refractivity contribution in [3.05, 3.63) is 98.7 Å². The first kappa shape index (κ1) is 28.8. The van der Waals surface area contributed by atoms with E-state index in [1.807, 2.05) is 75.4 Å². The van der Waals surface area contributed by atoms with Crippen LogP contribution in [-0.4, -0.2) is 52.4 Å². The van der Waals surface area contributed by atoms with Gasteiger partial charge in [-0.25, -0.2) is 4.98 Å². The molecule has 0 bridgehead atoms. The minimum Gasteiger partial charge on any atom is -0.352 e. The number of nitrogens with zero attached hydrogens (tertiary/aromatic N) is 3. The fraction of sp³-hybridized carbons (Fsp3) is 0.400. The Morgan fingerprint density at radius 2 is 1.74 bits per heavy atom. The fourth-order valence-corrected chi connectivity index (χ4v) is 4.52. The number of amides is 2. The number of benzene rings is 2. The van der Waals surface area contributed by atoms with E-state index in [9.17, 15) is 14.4 Å². The van der Waals surface area contributed by atoms with Gasteiger partial charge in [-0.05, 0) is 57.9 Å². The molecule has 1 atom stereocenters. The lowest BCUT2D eigenvalue weighted by Gasteiger charge is -2.29. The fourth-order valence-electron chi connectivity index (χ4n) is 4.52. The van der Waals surface area contributed by atoms with Crippen LogP contribution in [0.15, 0.2) is 59.4 Å². The van der Waals surface area contributed by atoms with E-state index in [4.69, 9.17) is 10.7 Å². The number of aromatic nitrogens is 2. The van der Waals surface area contributed by atoms with Gasteiger partial charge in [-0.2, -0.15) is 0 Å². The molecule has 0 unspecified atom stereocenters. The second-order valence-corrected chi connectivity index (χ2v) is 9.53. The lowest BCUT2D eigenvalue weighted by Crippen LogP contribution is -2.40. The number of nitrogens with one attached hydrogen (secondary N) is 1. The Morgan fingerprint density at radius 3 is 2.34 bits per heavy atom. The predicted octanol–water partition coefficient (Wildman–Crippen LogP) is 3.64. The largest absolute Gasteiger partial charge is 0.352 e. The molecule has 0 saturated heterocycles. The first-order chi connectivity index (χ1) is 18.3. The number of hydrogen-bond acceptors (Lipinski definition) is 5. The average molecular weight is 518 g/mol. The molecule has 0 saturated carbocycles. The van der Waals surface area contributed by atoms with Gasteiger partial charge in [0.1, 0.15) is 11.4 Å². The summed E-state index contributed by atoms with van der Waals surface area (Å²) >= 11 is 0. The van der Waals surface area contributed by atoms with Crippen molar-refractivity contribution in [3.63, 3.8) is 0 Å². The van der Waals surface area contributed by atoms with Crippen LogP contribution in [0.1, 0.15) is 76.0 Å². The van der Waals surface area contributed by atoms with Gasteiger partial charge in [0, 0.05) is 31.1 Å². The van der Waals surface area contributed by atoms with Crippen molar-refractivity contribution in [1.82, 2.24) is 19.8 Å². The molecule has 0 aliphatic carbocycles. The number of rotatable bonds is 12. The van der Waals surface area contributed by atoms with E-state index in [2.05, 4.69) is 5.32 Å². The predicted molar refractivity (Wildman–Crippen MR) is 151 cm³/mol. The molecule has 8 nitrogen and oxygen atoms in total. The van der Waals surface area contributed by atoms with Crippen molar-refractivity contribution >= 4 is 11.8 Å². The first-order valence-corrected chi connectivity index (χ1v) is 13.3. The normalized spacial score (nSPS) is 11.7. The highest BCUT2D eigenvalue weighted by molar-refractivity contribution is 5.95. The number of nitrogens with two attached hydrogens (primary N) is 1. The number of carbonyl (C=O) groups is 2. The summed E-state index contributed by atoms with van der Waals surface area (Å²) in [7, 11) is 0.